The Morgan fingerprint density at radius 3 is 2.85 bits per heavy atom. The standard InChI is InChI=1S/C18H20N4O3S/c1-11-15(12(2)25-22-11)10-16(23)19-18-21-20-17(26-18)8-7-13-5-4-6-14(9-13)24-3/h4-6,9H,7-8,10H2,1-3H3,(H,19,21,23). The SMILES string of the molecule is COc1cccc(CCc2nnc(NC(=O)Cc3c(C)noc3C)s2)c1. The van der Waals surface area contributed by atoms with Crippen molar-refractivity contribution in [2.75, 3.05) is 12.4 Å². The molecular weight excluding hydrogens is 352 g/mol. The van der Waals surface area contributed by atoms with Crippen LogP contribution in [0.2, 0.25) is 0 Å². The third kappa shape index (κ3) is 4.45. The van der Waals surface area contributed by atoms with Gasteiger partial charge in [0.1, 0.15) is 16.5 Å². The van der Waals surface area contributed by atoms with Crippen LogP contribution < -0.4 is 10.1 Å². The van der Waals surface area contributed by atoms with E-state index >= 15 is 0 Å². The molecule has 3 rings (SSSR count). The number of benzene rings is 1. The van der Waals surface area contributed by atoms with E-state index in [1.54, 1.807) is 14.0 Å². The van der Waals surface area contributed by atoms with E-state index < -0.39 is 0 Å². The highest BCUT2D eigenvalue weighted by Crippen LogP contribution is 2.20. The topological polar surface area (TPSA) is 90.1 Å². The molecule has 26 heavy (non-hydrogen) atoms. The Morgan fingerprint density at radius 2 is 2.12 bits per heavy atom. The summed E-state index contributed by atoms with van der Waals surface area (Å²) in [4.78, 5) is 12.2. The Labute approximate surface area is 155 Å². The van der Waals surface area contributed by atoms with Gasteiger partial charge in [-0.1, -0.05) is 28.6 Å². The molecule has 1 N–H and O–H groups in total. The molecule has 0 bridgehead atoms. The minimum Gasteiger partial charge on any atom is -0.497 e. The summed E-state index contributed by atoms with van der Waals surface area (Å²) in [6.07, 6.45) is 1.79. The molecule has 0 spiro atoms. The molecule has 0 saturated carbocycles. The summed E-state index contributed by atoms with van der Waals surface area (Å²) in [5, 5.41) is 16.2. The van der Waals surface area contributed by atoms with Gasteiger partial charge in [0.05, 0.1) is 19.2 Å². The maximum absolute atomic E-state index is 12.2. The van der Waals surface area contributed by atoms with Gasteiger partial charge < -0.3 is 14.6 Å². The first-order valence-corrected chi connectivity index (χ1v) is 9.03. The molecule has 0 aliphatic heterocycles. The minimum absolute atomic E-state index is 0.158. The fraction of sp³-hybridized carbons (Fsp3) is 0.333. The van der Waals surface area contributed by atoms with Gasteiger partial charge in [-0.3, -0.25) is 4.79 Å². The molecule has 2 heterocycles. The fourth-order valence-electron chi connectivity index (χ4n) is 2.56. The quantitative estimate of drug-likeness (QED) is 0.685. The van der Waals surface area contributed by atoms with Gasteiger partial charge in [-0.05, 0) is 38.0 Å². The normalized spacial score (nSPS) is 10.7. The first kappa shape index (κ1) is 18.1. The number of aromatic nitrogens is 3. The Bertz CT molecular complexity index is 884. The molecule has 136 valence electrons. The highest BCUT2D eigenvalue weighted by Gasteiger charge is 2.15. The molecule has 0 aliphatic rings. The number of aryl methyl sites for hydroxylation is 4. The van der Waals surface area contributed by atoms with E-state index in [1.807, 2.05) is 25.1 Å². The van der Waals surface area contributed by atoms with Crippen LogP contribution in [0.4, 0.5) is 5.13 Å². The summed E-state index contributed by atoms with van der Waals surface area (Å²) in [6, 6.07) is 7.94. The van der Waals surface area contributed by atoms with Gasteiger partial charge in [-0.2, -0.15) is 0 Å². The Balaban J connectivity index is 1.55. The molecule has 2 aromatic heterocycles. The van der Waals surface area contributed by atoms with Crippen LogP contribution in [-0.4, -0.2) is 28.4 Å². The lowest BCUT2D eigenvalue weighted by atomic mass is 10.1. The van der Waals surface area contributed by atoms with Gasteiger partial charge in [0.25, 0.3) is 0 Å². The number of methoxy groups -OCH3 is 1. The van der Waals surface area contributed by atoms with Crippen molar-refractivity contribution in [1.29, 1.82) is 0 Å². The van der Waals surface area contributed by atoms with Crippen molar-refractivity contribution >= 4 is 22.4 Å². The number of anilines is 1. The summed E-state index contributed by atoms with van der Waals surface area (Å²) in [7, 11) is 1.65. The van der Waals surface area contributed by atoms with Crippen molar-refractivity contribution in [3.8, 4) is 5.75 Å². The predicted molar refractivity (Wildman–Crippen MR) is 98.6 cm³/mol. The van der Waals surface area contributed by atoms with E-state index in [1.165, 1.54) is 16.9 Å². The zero-order chi connectivity index (χ0) is 18.5. The van der Waals surface area contributed by atoms with Crippen molar-refractivity contribution < 1.29 is 14.1 Å². The third-order valence-electron chi connectivity index (χ3n) is 3.99. The van der Waals surface area contributed by atoms with E-state index in [4.69, 9.17) is 9.26 Å². The molecule has 1 amide bonds. The van der Waals surface area contributed by atoms with Crippen LogP contribution in [0.5, 0.6) is 5.75 Å². The van der Waals surface area contributed by atoms with Crippen LogP contribution >= 0.6 is 11.3 Å². The second-order valence-electron chi connectivity index (χ2n) is 5.88. The lowest BCUT2D eigenvalue weighted by molar-refractivity contribution is -0.115. The fourth-order valence-corrected chi connectivity index (χ4v) is 3.32. The summed E-state index contributed by atoms with van der Waals surface area (Å²) >= 11 is 1.39. The van der Waals surface area contributed by atoms with Crippen molar-refractivity contribution in [3.05, 3.63) is 51.9 Å². The molecular formula is C18H20N4O3S. The van der Waals surface area contributed by atoms with Gasteiger partial charge in [0.2, 0.25) is 11.0 Å². The molecule has 0 unspecified atom stereocenters. The van der Waals surface area contributed by atoms with Crippen molar-refractivity contribution in [2.24, 2.45) is 0 Å². The van der Waals surface area contributed by atoms with Gasteiger partial charge in [-0.25, -0.2) is 0 Å². The van der Waals surface area contributed by atoms with E-state index in [-0.39, 0.29) is 12.3 Å². The predicted octanol–water partition coefficient (Wildman–Crippen LogP) is 3.12. The van der Waals surface area contributed by atoms with E-state index in [0.717, 1.165) is 34.9 Å². The molecule has 3 aromatic rings. The van der Waals surface area contributed by atoms with Gasteiger partial charge in [-0.15, -0.1) is 10.2 Å². The minimum atomic E-state index is -0.158. The summed E-state index contributed by atoms with van der Waals surface area (Å²) in [6.45, 7) is 3.62. The molecule has 1 aromatic carbocycles. The smallest absolute Gasteiger partial charge is 0.230 e. The highest BCUT2D eigenvalue weighted by atomic mass is 32.1. The molecule has 7 nitrogen and oxygen atoms in total. The van der Waals surface area contributed by atoms with Crippen molar-refractivity contribution in [1.82, 2.24) is 15.4 Å². The van der Waals surface area contributed by atoms with E-state index in [0.29, 0.717) is 10.9 Å². The summed E-state index contributed by atoms with van der Waals surface area (Å²) in [5.74, 6) is 1.34. The Kier molecular flexibility index (Phi) is 5.62. The van der Waals surface area contributed by atoms with Crippen LogP contribution in [0.3, 0.4) is 0 Å². The number of hydrogen-bond acceptors (Lipinski definition) is 7. The maximum atomic E-state index is 12.2. The maximum Gasteiger partial charge on any atom is 0.230 e. The second kappa shape index (κ2) is 8.09. The number of nitrogens with zero attached hydrogens (tertiary/aromatic N) is 3. The van der Waals surface area contributed by atoms with Crippen LogP contribution in [-0.2, 0) is 24.1 Å². The molecule has 0 fully saturated rings. The first-order chi connectivity index (χ1) is 12.5. The highest BCUT2D eigenvalue weighted by molar-refractivity contribution is 7.15. The number of carbonyl (C=O) groups excluding carboxylic acids is 1. The van der Waals surface area contributed by atoms with Crippen molar-refractivity contribution in [3.63, 3.8) is 0 Å². The zero-order valence-corrected chi connectivity index (χ0v) is 15.7. The molecule has 0 atom stereocenters. The number of carbonyl (C=O) groups is 1. The average molecular weight is 372 g/mol. The number of hydrogen-bond donors (Lipinski definition) is 1. The molecule has 0 radical (unpaired) electrons. The van der Waals surface area contributed by atoms with E-state index in [2.05, 4.69) is 26.7 Å². The lowest BCUT2D eigenvalue weighted by Gasteiger charge is -2.03. The van der Waals surface area contributed by atoms with Crippen LogP contribution in [0.1, 0.15) is 27.6 Å². The Hall–Kier alpha value is -2.74. The molecule has 0 aliphatic carbocycles. The average Bonchev–Trinajstić information content (AvgIpc) is 3.21. The van der Waals surface area contributed by atoms with Gasteiger partial charge in [0, 0.05) is 12.0 Å². The number of nitrogens with one attached hydrogen (secondary N) is 1. The second-order valence-corrected chi connectivity index (χ2v) is 6.94. The van der Waals surface area contributed by atoms with Crippen molar-refractivity contribution in [2.45, 2.75) is 33.1 Å². The Morgan fingerprint density at radius 1 is 1.27 bits per heavy atom. The lowest BCUT2D eigenvalue weighted by Crippen LogP contribution is -2.15. The molecule has 8 heteroatoms. The summed E-state index contributed by atoms with van der Waals surface area (Å²) < 4.78 is 10.3. The van der Waals surface area contributed by atoms with Crippen LogP contribution in [0.15, 0.2) is 28.8 Å². The first-order valence-electron chi connectivity index (χ1n) is 8.22. The number of ether oxygens (including phenoxy) is 1. The van der Waals surface area contributed by atoms with Gasteiger partial charge in [0.15, 0.2) is 0 Å². The zero-order valence-electron chi connectivity index (χ0n) is 14.9. The number of amides is 1. The largest absolute Gasteiger partial charge is 0.497 e. The van der Waals surface area contributed by atoms with Crippen LogP contribution in [0.25, 0.3) is 0 Å². The summed E-state index contributed by atoms with van der Waals surface area (Å²) in [5.41, 5.74) is 2.71. The van der Waals surface area contributed by atoms with E-state index in [9.17, 15) is 4.79 Å². The van der Waals surface area contributed by atoms with Gasteiger partial charge >= 0.3 is 0 Å². The monoisotopic (exact) mass is 372 g/mol. The van der Waals surface area contributed by atoms with Crippen LogP contribution in [0, 0.1) is 13.8 Å². The molecule has 0 saturated heterocycles. The third-order valence-corrected chi connectivity index (χ3v) is 4.89. The number of rotatable bonds is 7.